The molecule has 6 heteroatoms. The van der Waals surface area contributed by atoms with Crippen molar-refractivity contribution in [3.8, 4) is 0 Å². The number of carbonyl (C=O) groups is 1. The number of piperidine rings is 1. The van der Waals surface area contributed by atoms with Gasteiger partial charge in [0.2, 0.25) is 15.9 Å². The van der Waals surface area contributed by atoms with Crippen LogP contribution in [-0.2, 0) is 14.8 Å². The number of nitrogens with one attached hydrogen (secondary N) is 1. The largest absolute Gasteiger partial charge is 0.353 e. The summed E-state index contributed by atoms with van der Waals surface area (Å²) in [5.74, 6) is -0.217. The van der Waals surface area contributed by atoms with Gasteiger partial charge in [-0.05, 0) is 56.7 Å². The molecule has 1 amide bonds. The maximum atomic E-state index is 13.2. The number of carbonyl (C=O) groups excluding carboxylic acids is 1. The Hall–Kier alpha value is -1.40. The van der Waals surface area contributed by atoms with Crippen LogP contribution in [0, 0.1) is 19.8 Å². The number of nitrogens with zero attached hydrogens (tertiary/aromatic N) is 1. The van der Waals surface area contributed by atoms with Gasteiger partial charge in [-0.25, -0.2) is 8.42 Å². The van der Waals surface area contributed by atoms with E-state index in [0.717, 1.165) is 36.8 Å². The predicted octanol–water partition coefficient (Wildman–Crippen LogP) is 3.93. The molecule has 1 saturated carbocycles. The van der Waals surface area contributed by atoms with Crippen molar-refractivity contribution < 1.29 is 13.2 Å². The lowest BCUT2D eigenvalue weighted by atomic mass is 9.94. The Kier molecular flexibility index (Phi) is 7.15. The van der Waals surface area contributed by atoms with Gasteiger partial charge in [0.05, 0.1) is 10.8 Å². The Bertz CT molecular complexity index is 783. The minimum Gasteiger partial charge on any atom is -0.353 e. The molecule has 1 unspecified atom stereocenters. The Labute approximate surface area is 169 Å². The summed E-state index contributed by atoms with van der Waals surface area (Å²) in [5, 5.41) is 3.23. The number of rotatable bonds is 4. The van der Waals surface area contributed by atoms with E-state index in [2.05, 4.69) is 5.32 Å². The number of hydrogen-bond donors (Lipinski definition) is 1. The highest BCUT2D eigenvalue weighted by Gasteiger charge is 2.34. The van der Waals surface area contributed by atoms with E-state index in [9.17, 15) is 13.2 Å². The van der Waals surface area contributed by atoms with Crippen LogP contribution in [0.15, 0.2) is 23.1 Å². The predicted molar refractivity (Wildman–Crippen MR) is 112 cm³/mol. The van der Waals surface area contributed by atoms with E-state index in [0.29, 0.717) is 11.4 Å². The van der Waals surface area contributed by atoms with Gasteiger partial charge in [0.25, 0.3) is 0 Å². The van der Waals surface area contributed by atoms with Crippen molar-refractivity contribution in [2.45, 2.75) is 82.6 Å². The van der Waals surface area contributed by atoms with Crippen molar-refractivity contribution in [2.75, 3.05) is 13.1 Å². The normalized spacial score (nSPS) is 23.0. The van der Waals surface area contributed by atoms with Gasteiger partial charge >= 0.3 is 0 Å². The fourth-order valence-corrected chi connectivity index (χ4v) is 6.25. The molecule has 3 rings (SSSR count). The van der Waals surface area contributed by atoms with Gasteiger partial charge in [-0.1, -0.05) is 44.2 Å². The lowest BCUT2D eigenvalue weighted by Gasteiger charge is -2.33. The standard InChI is InChI=1S/C22H34N2O3S/c1-17-12-13-18(2)21(15-17)28(26,27)24-14-8-9-19(16-24)22(25)23-20-10-6-4-3-5-7-11-20/h12-13,15,19-20H,3-11,14,16H2,1-2H3,(H,23,25). The molecule has 0 bridgehead atoms. The quantitative estimate of drug-likeness (QED) is 0.824. The summed E-state index contributed by atoms with van der Waals surface area (Å²) in [5.41, 5.74) is 1.69. The summed E-state index contributed by atoms with van der Waals surface area (Å²) in [7, 11) is -3.57. The monoisotopic (exact) mass is 406 g/mol. The van der Waals surface area contributed by atoms with Crippen LogP contribution in [0.3, 0.4) is 0 Å². The minimum absolute atomic E-state index is 0.0337. The van der Waals surface area contributed by atoms with Crippen molar-refractivity contribution in [2.24, 2.45) is 5.92 Å². The molecule has 1 atom stereocenters. The van der Waals surface area contributed by atoms with E-state index in [4.69, 9.17) is 0 Å². The number of amides is 1. The van der Waals surface area contributed by atoms with Crippen molar-refractivity contribution in [1.29, 1.82) is 0 Å². The van der Waals surface area contributed by atoms with Crippen LogP contribution >= 0.6 is 0 Å². The average molecular weight is 407 g/mol. The number of aryl methyl sites for hydroxylation is 2. The van der Waals surface area contributed by atoms with E-state index >= 15 is 0 Å². The summed E-state index contributed by atoms with van der Waals surface area (Å²) in [4.78, 5) is 13.2. The van der Waals surface area contributed by atoms with Crippen molar-refractivity contribution in [3.63, 3.8) is 0 Å². The number of hydrogen-bond acceptors (Lipinski definition) is 3. The SMILES string of the molecule is Cc1ccc(C)c(S(=O)(=O)N2CCCC(C(=O)NC3CCCCCCC3)C2)c1. The highest BCUT2D eigenvalue weighted by Crippen LogP contribution is 2.27. The van der Waals surface area contributed by atoms with Crippen LogP contribution in [0.25, 0.3) is 0 Å². The molecule has 1 saturated heterocycles. The molecule has 1 aliphatic heterocycles. The third-order valence-electron chi connectivity index (χ3n) is 6.17. The van der Waals surface area contributed by atoms with Gasteiger partial charge < -0.3 is 5.32 Å². The molecule has 0 spiro atoms. The first-order valence-corrected chi connectivity index (χ1v) is 12.2. The zero-order chi connectivity index (χ0) is 20.1. The molecule has 5 nitrogen and oxygen atoms in total. The Balaban J connectivity index is 1.67. The molecule has 1 aliphatic carbocycles. The Morgan fingerprint density at radius 3 is 2.39 bits per heavy atom. The highest BCUT2D eigenvalue weighted by molar-refractivity contribution is 7.89. The molecule has 0 aromatic heterocycles. The van der Waals surface area contributed by atoms with Crippen LogP contribution in [-0.4, -0.2) is 37.8 Å². The van der Waals surface area contributed by atoms with E-state index in [1.807, 2.05) is 26.0 Å². The van der Waals surface area contributed by atoms with Crippen LogP contribution in [0.4, 0.5) is 0 Å². The van der Waals surface area contributed by atoms with E-state index < -0.39 is 10.0 Å². The summed E-state index contributed by atoms with van der Waals surface area (Å²) in [6.45, 7) is 4.51. The molecule has 1 aromatic carbocycles. The first-order valence-electron chi connectivity index (χ1n) is 10.8. The maximum absolute atomic E-state index is 13.2. The maximum Gasteiger partial charge on any atom is 0.243 e. The zero-order valence-electron chi connectivity index (χ0n) is 17.2. The Morgan fingerprint density at radius 1 is 1.00 bits per heavy atom. The van der Waals surface area contributed by atoms with Gasteiger partial charge in [-0.3, -0.25) is 4.79 Å². The first-order chi connectivity index (χ1) is 13.4. The van der Waals surface area contributed by atoms with Gasteiger partial charge in [0, 0.05) is 19.1 Å². The number of benzene rings is 1. The summed E-state index contributed by atoms with van der Waals surface area (Å²) >= 11 is 0. The lowest BCUT2D eigenvalue weighted by molar-refractivity contribution is -0.126. The first kappa shape index (κ1) is 21.3. The van der Waals surface area contributed by atoms with Gasteiger partial charge in [-0.15, -0.1) is 0 Å². The van der Waals surface area contributed by atoms with Crippen molar-refractivity contribution >= 4 is 15.9 Å². The van der Waals surface area contributed by atoms with Crippen LogP contribution in [0.5, 0.6) is 0 Å². The van der Waals surface area contributed by atoms with Gasteiger partial charge in [0.1, 0.15) is 0 Å². The van der Waals surface area contributed by atoms with E-state index in [1.165, 1.54) is 36.4 Å². The average Bonchev–Trinajstić information content (AvgIpc) is 2.65. The fraction of sp³-hybridized carbons (Fsp3) is 0.682. The summed E-state index contributed by atoms with van der Waals surface area (Å²) in [6.07, 6.45) is 9.71. The molecule has 28 heavy (non-hydrogen) atoms. The molecule has 0 radical (unpaired) electrons. The second-order valence-corrected chi connectivity index (χ2v) is 10.4. The van der Waals surface area contributed by atoms with Crippen molar-refractivity contribution in [3.05, 3.63) is 29.3 Å². The molecule has 2 aliphatic rings. The molecule has 156 valence electrons. The third-order valence-corrected chi connectivity index (χ3v) is 8.18. The fourth-order valence-electron chi connectivity index (χ4n) is 4.42. The molecule has 1 aromatic rings. The molecule has 1 N–H and O–H groups in total. The molecular formula is C22H34N2O3S. The molecule has 1 heterocycles. The summed E-state index contributed by atoms with van der Waals surface area (Å²) in [6, 6.07) is 5.77. The summed E-state index contributed by atoms with van der Waals surface area (Å²) < 4.78 is 27.9. The minimum atomic E-state index is -3.57. The number of sulfonamides is 1. The highest BCUT2D eigenvalue weighted by atomic mass is 32.2. The Morgan fingerprint density at radius 2 is 1.68 bits per heavy atom. The lowest BCUT2D eigenvalue weighted by Crippen LogP contribution is -2.47. The van der Waals surface area contributed by atoms with Crippen LogP contribution < -0.4 is 5.32 Å². The smallest absolute Gasteiger partial charge is 0.243 e. The molecule has 2 fully saturated rings. The van der Waals surface area contributed by atoms with E-state index in [1.54, 1.807) is 6.07 Å². The third kappa shape index (κ3) is 5.15. The van der Waals surface area contributed by atoms with Crippen LogP contribution in [0.1, 0.15) is 68.9 Å². The zero-order valence-corrected chi connectivity index (χ0v) is 18.1. The van der Waals surface area contributed by atoms with Gasteiger partial charge in [0.15, 0.2) is 0 Å². The van der Waals surface area contributed by atoms with Crippen LogP contribution in [0.2, 0.25) is 0 Å². The topological polar surface area (TPSA) is 66.5 Å². The molecular weight excluding hydrogens is 372 g/mol. The van der Waals surface area contributed by atoms with Gasteiger partial charge in [-0.2, -0.15) is 4.31 Å². The second kappa shape index (κ2) is 9.40. The van der Waals surface area contributed by atoms with E-state index in [-0.39, 0.29) is 24.4 Å². The van der Waals surface area contributed by atoms with Crippen molar-refractivity contribution in [1.82, 2.24) is 9.62 Å². The second-order valence-electron chi connectivity index (χ2n) is 8.52.